The van der Waals surface area contributed by atoms with Crippen molar-refractivity contribution in [1.82, 2.24) is 15.4 Å². The largest absolute Gasteiger partial charge is 0.497 e. The molecule has 1 amide bonds. The fourth-order valence-electron chi connectivity index (χ4n) is 2.87. The molecule has 0 radical (unpaired) electrons. The molecule has 1 aromatic carbocycles. The predicted molar refractivity (Wildman–Crippen MR) is 103 cm³/mol. The van der Waals surface area contributed by atoms with E-state index in [1.54, 1.807) is 38.6 Å². The number of nitrogens with zero attached hydrogens (tertiary/aromatic N) is 4. The highest BCUT2D eigenvalue weighted by molar-refractivity contribution is 5.93. The molecule has 0 saturated carbocycles. The van der Waals surface area contributed by atoms with Gasteiger partial charge in [0.15, 0.2) is 5.69 Å². The zero-order valence-electron chi connectivity index (χ0n) is 15.5. The Labute approximate surface area is 158 Å². The van der Waals surface area contributed by atoms with Crippen LogP contribution in [0.3, 0.4) is 0 Å². The van der Waals surface area contributed by atoms with Crippen LogP contribution < -0.4 is 19.8 Å². The Kier molecular flexibility index (Phi) is 6.19. The van der Waals surface area contributed by atoms with Crippen LogP contribution in [-0.2, 0) is 0 Å². The van der Waals surface area contributed by atoms with Crippen molar-refractivity contribution < 1.29 is 14.3 Å². The van der Waals surface area contributed by atoms with Crippen molar-refractivity contribution in [2.45, 2.75) is 19.3 Å². The minimum Gasteiger partial charge on any atom is -0.497 e. The third-order valence-corrected chi connectivity index (χ3v) is 4.29. The molecule has 2 aromatic rings. The van der Waals surface area contributed by atoms with E-state index in [0.29, 0.717) is 11.5 Å². The van der Waals surface area contributed by atoms with Gasteiger partial charge < -0.3 is 14.4 Å². The Morgan fingerprint density at radius 2 is 1.81 bits per heavy atom. The normalized spacial score (nSPS) is 14.2. The van der Waals surface area contributed by atoms with Gasteiger partial charge in [-0.1, -0.05) is 0 Å². The molecule has 0 bridgehead atoms. The third-order valence-electron chi connectivity index (χ3n) is 4.29. The van der Waals surface area contributed by atoms with Crippen LogP contribution in [0.25, 0.3) is 0 Å². The number of rotatable bonds is 6. The van der Waals surface area contributed by atoms with Gasteiger partial charge in [-0.15, -0.1) is 0 Å². The number of hydrogen-bond acceptors (Lipinski definition) is 7. The number of aromatic nitrogens is 2. The zero-order valence-corrected chi connectivity index (χ0v) is 15.5. The van der Waals surface area contributed by atoms with Gasteiger partial charge in [-0.2, -0.15) is 5.10 Å². The monoisotopic (exact) mass is 369 g/mol. The second-order valence-corrected chi connectivity index (χ2v) is 6.16. The van der Waals surface area contributed by atoms with E-state index in [9.17, 15) is 4.79 Å². The van der Waals surface area contributed by atoms with Crippen molar-refractivity contribution in [2.24, 2.45) is 5.10 Å². The summed E-state index contributed by atoms with van der Waals surface area (Å²) >= 11 is 0. The molecule has 0 spiro atoms. The van der Waals surface area contributed by atoms with Crippen LogP contribution in [0.2, 0.25) is 0 Å². The molecule has 3 rings (SSSR count). The van der Waals surface area contributed by atoms with E-state index in [1.165, 1.54) is 18.8 Å². The second kappa shape index (κ2) is 8.98. The van der Waals surface area contributed by atoms with E-state index in [0.717, 1.165) is 37.3 Å². The molecular weight excluding hydrogens is 346 g/mol. The maximum Gasteiger partial charge on any atom is 0.291 e. The van der Waals surface area contributed by atoms with Gasteiger partial charge in [-0.25, -0.2) is 10.4 Å². The molecule has 1 aliphatic heterocycles. The van der Waals surface area contributed by atoms with Crippen molar-refractivity contribution in [3.63, 3.8) is 0 Å². The highest BCUT2D eigenvalue weighted by Gasteiger charge is 2.15. The molecule has 2 heterocycles. The Hall–Kier alpha value is -3.16. The Morgan fingerprint density at radius 3 is 2.48 bits per heavy atom. The van der Waals surface area contributed by atoms with Crippen molar-refractivity contribution in [2.75, 3.05) is 32.2 Å². The van der Waals surface area contributed by atoms with E-state index in [4.69, 9.17) is 9.47 Å². The lowest BCUT2D eigenvalue weighted by Gasteiger charge is -2.27. The number of nitrogens with one attached hydrogen (secondary N) is 1. The minimum atomic E-state index is -0.410. The SMILES string of the molecule is COc1cc(/C=N/NC(=O)c2cncc(N3CCCCC3)n2)cc(OC)c1. The molecule has 1 aromatic heterocycles. The second-order valence-electron chi connectivity index (χ2n) is 6.16. The van der Waals surface area contributed by atoms with E-state index in [-0.39, 0.29) is 5.69 Å². The van der Waals surface area contributed by atoms with Crippen molar-refractivity contribution in [3.8, 4) is 11.5 Å². The summed E-state index contributed by atoms with van der Waals surface area (Å²) in [7, 11) is 3.15. The average Bonchev–Trinajstić information content (AvgIpc) is 2.74. The maximum atomic E-state index is 12.3. The number of carbonyl (C=O) groups is 1. The molecule has 1 aliphatic rings. The molecule has 142 valence electrons. The zero-order chi connectivity index (χ0) is 19.1. The lowest BCUT2D eigenvalue weighted by Crippen LogP contribution is -2.31. The average molecular weight is 369 g/mol. The van der Waals surface area contributed by atoms with E-state index in [1.807, 2.05) is 0 Å². The fraction of sp³-hybridized carbons (Fsp3) is 0.368. The van der Waals surface area contributed by atoms with Gasteiger partial charge in [-0.05, 0) is 31.4 Å². The van der Waals surface area contributed by atoms with E-state index in [2.05, 4.69) is 25.4 Å². The number of benzene rings is 1. The highest BCUT2D eigenvalue weighted by atomic mass is 16.5. The van der Waals surface area contributed by atoms with Gasteiger partial charge in [0.1, 0.15) is 17.3 Å². The first-order valence-electron chi connectivity index (χ1n) is 8.83. The van der Waals surface area contributed by atoms with Gasteiger partial charge in [0.05, 0.1) is 32.8 Å². The van der Waals surface area contributed by atoms with Gasteiger partial charge in [-0.3, -0.25) is 9.78 Å². The number of hydrazone groups is 1. The summed E-state index contributed by atoms with van der Waals surface area (Å²) in [6.45, 7) is 1.88. The van der Waals surface area contributed by atoms with Gasteiger partial charge >= 0.3 is 0 Å². The highest BCUT2D eigenvalue weighted by Crippen LogP contribution is 2.21. The summed E-state index contributed by atoms with van der Waals surface area (Å²) in [5, 5.41) is 3.99. The maximum absolute atomic E-state index is 12.3. The van der Waals surface area contributed by atoms with Crippen LogP contribution >= 0.6 is 0 Å². The quantitative estimate of drug-likeness (QED) is 0.621. The fourth-order valence-corrected chi connectivity index (χ4v) is 2.87. The Balaban J connectivity index is 1.66. The molecule has 0 aliphatic carbocycles. The number of methoxy groups -OCH3 is 2. The predicted octanol–water partition coefficient (Wildman–Crippen LogP) is 2.25. The smallest absolute Gasteiger partial charge is 0.291 e. The summed E-state index contributed by atoms with van der Waals surface area (Å²) in [6, 6.07) is 5.33. The molecule has 27 heavy (non-hydrogen) atoms. The number of hydrogen-bond donors (Lipinski definition) is 1. The first kappa shape index (κ1) is 18.6. The number of ether oxygens (including phenoxy) is 2. The molecule has 8 nitrogen and oxygen atoms in total. The van der Waals surface area contributed by atoms with Gasteiger partial charge in [0.2, 0.25) is 0 Å². The van der Waals surface area contributed by atoms with Crippen LogP contribution in [0.1, 0.15) is 35.3 Å². The Bertz CT molecular complexity index is 796. The standard InChI is InChI=1S/C19H23N5O3/c1-26-15-8-14(9-16(10-15)27-2)11-21-23-19(25)17-12-20-13-18(22-17)24-6-4-3-5-7-24/h8-13H,3-7H2,1-2H3,(H,23,25)/b21-11+. The van der Waals surface area contributed by atoms with Crippen molar-refractivity contribution in [1.29, 1.82) is 0 Å². The first-order valence-corrected chi connectivity index (χ1v) is 8.83. The number of piperidine rings is 1. The van der Waals surface area contributed by atoms with Crippen LogP contribution in [0.15, 0.2) is 35.7 Å². The summed E-state index contributed by atoms with van der Waals surface area (Å²) in [5.74, 6) is 1.60. The first-order chi connectivity index (χ1) is 13.2. The number of anilines is 1. The molecule has 0 atom stereocenters. The van der Waals surface area contributed by atoms with E-state index < -0.39 is 5.91 Å². The third kappa shape index (κ3) is 4.93. The summed E-state index contributed by atoms with van der Waals surface area (Å²) in [6.07, 6.45) is 8.14. The molecule has 1 saturated heterocycles. The summed E-state index contributed by atoms with van der Waals surface area (Å²) in [5.41, 5.74) is 3.45. The lowest BCUT2D eigenvalue weighted by atomic mass is 10.1. The summed E-state index contributed by atoms with van der Waals surface area (Å²) < 4.78 is 10.4. The van der Waals surface area contributed by atoms with Gasteiger partial charge in [0.25, 0.3) is 5.91 Å². The van der Waals surface area contributed by atoms with Gasteiger partial charge in [0, 0.05) is 24.7 Å². The number of carbonyl (C=O) groups excluding carboxylic acids is 1. The number of amides is 1. The van der Waals surface area contributed by atoms with Crippen LogP contribution in [-0.4, -0.2) is 49.4 Å². The molecule has 8 heteroatoms. The molecular formula is C19H23N5O3. The lowest BCUT2D eigenvalue weighted by molar-refractivity contribution is 0.0950. The summed E-state index contributed by atoms with van der Waals surface area (Å²) in [4.78, 5) is 23.0. The minimum absolute atomic E-state index is 0.235. The Morgan fingerprint density at radius 1 is 1.11 bits per heavy atom. The van der Waals surface area contributed by atoms with Crippen LogP contribution in [0.5, 0.6) is 11.5 Å². The van der Waals surface area contributed by atoms with Crippen LogP contribution in [0, 0.1) is 0 Å². The molecule has 0 unspecified atom stereocenters. The van der Waals surface area contributed by atoms with E-state index >= 15 is 0 Å². The molecule has 1 N–H and O–H groups in total. The molecule has 1 fully saturated rings. The van der Waals surface area contributed by atoms with Crippen molar-refractivity contribution in [3.05, 3.63) is 41.9 Å². The topological polar surface area (TPSA) is 88.9 Å². The van der Waals surface area contributed by atoms with Crippen LogP contribution in [0.4, 0.5) is 5.82 Å². The van der Waals surface area contributed by atoms with Crippen molar-refractivity contribution >= 4 is 17.9 Å².